The number of hydrogen-bond donors (Lipinski definition) is 4. The minimum Gasteiger partial charge on any atom is -0.397 e. The fraction of sp³-hybridized carbons (Fsp3) is 0.357. The third-order valence-corrected chi connectivity index (χ3v) is 4.08. The zero-order chi connectivity index (χ0) is 16.4. The smallest absolute Gasteiger partial charge is 0.270 e. The number of aliphatic imine (C=N–C) groups is 1. The lowest BCUT2D eigenvalue weighted by Crippen LogP contribution is -2.47. The molecule has 0 saturated carbocycles. The first-order valence-corrected chi connectivity index (χ1v) is 7.32. The van der Waals surface area contributed by atoms with Gasteiger partial charge >= 0.3 is 0 Å². The van der Waals surface area contributed by atoms with Gasteiger partial charge in [0, 0.05) is 55.8 Å². The molecule has 1 aromatic carbocycles. The highest BCUT2D eigenvalue weighted by Gasteiger charge is 2.36. The lowest BCUT2D eigenvalue weighted by molar-refractivity contribution is -0.384. The van der Waals surface area contributed by atoms with Gasteiger partial charge in [-0.15, -0.1) is 0 Å². The maximum Gasteiger partial charge on any atom is 0.270 e. The molecule has 0 bridgehead atoms. The molecule has 9 heteroatoms. The van der Waals surface area contributed by atoms with E-state index in [4.69, 9.17) is 11.5 Å². The van der Waals surface area contributed by atoms with Crippen LogP contribution in [0.5, 0.6) is 0 Å². The van der Waals surface area contributed by atoms with E-state index in [1.807, 2.05) is 0 Å². The van der Waals surface area contributed by atoms with E-state index in [9.17, 15) is 10.1 Å². The number of benzene rings is 1. The first-order chi connectivity index (χ1) is 11.0. The molecule has 0 radical (unpaired) electrons. The third-order valence-electron chi connectivity index (χ3n) is 4.08. The van der Waals surface area contributed by atoms with Gasteiger partial charge in [0.25, 0.3) is 5.69 Å². The number of nitrogens with zero attached hydrogens (tertiary/aromatic N) is 3. The van der Waals surface area contributed by atoms with Gasteiger partial charge in [0.2, 0.25) is 0 Å². The molecule has 3 rings (SSSR count). The van der Waals surface area contributed by atoms with Gasteiger partial charge in [-0.1, -0.05) is 0 Å². The van der Waals surface area contributed by atoms with Gasteiger partial charge in [-0.05, 0) is 6.07 Å². The first kappa shape index (κ1) is 15.3. The highest BCUT2D eigenvalue weighted by Crippen LogP contribution is 2.36. The van der Waals surface area contributed by atoms with Crippen molar-refractivity contribution in [1.29, 1.82) is 0 Å². The molecule has 1 unspecified atom stereocenters. The summed E-state index contributed by atoms with van der Waals surface area (Å²) in [6, 6.07) is 4.66. The largest absolute Gasteiger partial charge is 0.397 e. The molecule has 1 aromatic rings. The lowest BCUT2D eigenvalue weighted by atomic mass is 9.94. The van der Waals surface area contributed by atoms with Crippen molar-refractivity contribution in [1.82, 2.24) is 10.6 Å². The predicted octanol–water partition coefficient (Wildman–Crippen LogP) is -0.452. The number of nitrogens with one attached hydrogen (secondary N) is 2. The van der Waals surface area contributed by atoms with E-state index in [0.717, 1.165) is 31.9 Å². The Labute approximate surface area is 133 Å². The summed E-state index contributed by atoms with van der Waals surface area (Å²) in [5, 5.41) is 17.2. The average Bonchev–Trinajstić information content (AvgIpc) is 2.58. The molecule has 1 fully saturated rings. The molecule has 2 heterocycles. The standard InChI is InChI=1S/C14H19N7O2/c15-13-8-18-9-19-14(13,16)11-7-10(21(22)23)1-2-12(11)20-5-3-17-4-6-20/h1-2,7-9,17H,3-6,15-16H2,(H,18,19). The SMILES string of the molecule is NC1=CNC=NC1(N)c1cc([N+](=O)[O-])ccc1N1CCNCC1. The van der Waals surface area contributed by atoms with Crippen LogP contribution in [0.1, 0.15) is 5.56 Å². The second-order valence-corrected chi connectivity index (χ2v) is 5.49. The van der Waals surface area contributed by atoms with Crippen LogP contribution in [0.25, 0.3) is 0 Å². The van der Waals surface area contributed by atoms with Crippen molar-refractivity contribution >= 4 is 17.7 Å². The Kier molecular flexibility index (Phi) is 3.89. The Hall–Kier alpha value is -2.65. The van der Waals surface area contributed by atoms with Crippen LogP contribution in [0.4, 0.5) is 11.4 Å². The molecule has 1 atom stereocenters. The number of nitrogens with two attached hydrogens (primary N) is 2. The van der Waals surface area contributed by atoms with Gasteiger partial charge in [-0.25, -0.2) is 4.99 Å². The number of anilines is 1. The Morgan fingerprint density at radius 2 is 2.09 bits per heavy atom. The van der Waals surface area contributed by atoms with E-state index in [2.05, 4.69) is 20.5 Å². The third kappa shape index (κ3) is 2.71. The minimum absolute atomic E-state index is 0.0368. The van der Waals surface area contributed by atoms with Crippen LogP contribution in [-0.2, 0) is 5.66 Å². The van der Waals surface area contributed by atoms with E-state index in [-0.39, 0.29) is 5.69 Å². The summed E-state index contributed by atoms with van der Waals surface area (Å²) in [6.45, 7) is 3.24. The summed E-state index contributed by atoms with van der Waals surface area (Å²) >= 11 is 0. The molecule has 0 aromatic heterocycles. The van der Waals surface area contributed by atoms with E-state index in [1.165, 1.54) is 18.5 Å². The summed E-state index contributed by atoms with van der Waals surface area (Å²) in [4.78, 5) is 17.1. The highest BCUT2D eigenvalue weighted by atomic mass is 16.6. The summed E-state index contributed by atoms with van der Waals surface area (Å²) in [7, 11) is 0. The summed E-state index contributed by atoms with van der Waals surface area (Å²) in [5.41, 5.74) is 12.7. The Morgan fingerprint density at radius 3 is 2.74 bits per heavy atom. The van der Waals surface area contributed by atoms with Gasteiger partial charge in [0.05, 0.1) is 17.0 Å². The molecular formula is C14H19N7O2. The number of piperazine rings is 1. The van der Waals surface area contributed by atoms with Crippen LogP contribution in [0.15, 0.2) is 35.1 Å². The number of nitro benzene ring substituents is 1. The summed E-state index contributed by atoms with van der Waals surface area (Å²) in [5.74, 6) is 0. The fourth-order valence-corrected chi connectivity index (χ4v) is 2.80. The molecule has 122 valence electrons. The molecule has 23 heavy (non-hydrogen) atoms. The Balaban J connectivity index is 2.13. The quantitative estimate of drug-likeness (QED) is 0.438. The van der Waals surface area contributed by atoms with E-state index >= 15 is 0 Å². The number of non-ortho nitro benzene ring substituents is 1. The molecule has 0 amide bonds. The monoisotopic (exact) mass is 317 g/mol. The van der Waals surface area contributed by atoms with Crippen molar-refractivity contribution in [3.8, 4) is 0 Å². The maximum absolute atomic E-state index is 11.2. The second-order valence-electron chi connectivity index (χ2n) is 5.49. The van der Waals surface area contributed by atoms with Crippen LogP contribution in [0, 0.1) is 10.1 Å². The van der Waals surface area contributed by atoms with Gasteiger partial charge in [-0.3, -0.25) is 15.8 Å². The molecule has 6 N–H and O–H groups in total. The molecule has 0 spiro atoms. The molecule has 0 aliphatic carbocycles. The van der Waals surface area contributed by atoms with Crippen LogP contribution in [0.3, 0.4) is 0 Å². The highest BCUT2D eigenvalue weighted by molar-refractivity contribution is 5.67. The van der Waals surface area contributed by atoms with Gasteiger partial charge in [0.1, 0.15) is 0 Å². The summed E-state index contributed by atoms with van der Waals surface area (Å²) in [6.07, 6.45) is 2.99. The maximum atomic E-state index is 11.2. The predicted molar refractivity (Wildman–Crippen MR) is 87.9 cm³/mol. The topological polar surface area (TPSA) is 135 Å². The van der Waals surface area contributed by atoms with Gasteiger partial charge in [-0.2, -0.15) is 0 Å². The van der Waals surface area contributed by atoms with Crippen molar-refractivity contribution in [2.75, 3.05) is 31.1 Å². The van der Waals surface area contributed by atoms with E-state index in [0.29, 0.717) is 11.3 Å². The van der Waals surface area contributed by atoms with Crippen molar-refractivity contribution in [2.45, 2.75) is 5.66 Å². The molecule has 9 nitrogen and oxygen atoms in total. The van der Waals surface area contributed by atoms with E-state index in [1.54, 1.807) is 12.3 Å². The average molecular weight is 317 g/mol. The van der Waals surface area contributed by atoms with Crippen LogP contribution in [-0.4, -0.2) is 37.4 Å². The van der Waals surface area contributed by atoms with Crippen molar-refractivity contribution in [2.24, 2.45) is 16.5 Å². The number of rotatable bonds is 3. The van der Waals surface area contributed by atoms with Crippen LogP contribution >= 0.6 is 0 Å². The normalized spacial score (nSPS) is 24.0. The van der Waals surface area contributed by atoms with Crippen molar-refractivity contribution in [3.05, 3.63) is 45.8 Å². The van der Waals surface area contributed by atoms with Crippen LogP contribution in [0.2, 0.25) is 0 Å². The summed E-state index contributed by atoms with van der Waals surface area (Å²) < 4.78 is 0. The Morgan fingerprint density at radius 1 is 1.35 bits per heavy atom. The van der Waals surface area contributed by atoms with E-state index < -0.39 is 10.6 Å². The molecule has 2 aliphatic rings. The lowest BCUT2D eigenvalue weighted by Gasteiger charge is -2.36. The zero-order valence-electron chi connectivity index (χ0n) is 12.5. The minimum atomic E-state index is -1.32. The Bertz CT molecular complexity index is 682. The van der Waals surface area contributed by atoms with Gasteiger partial charge < -0.3 is 21.3 Å². The van der Waals surface area contributed by atoms with Crippen molar-refractivity contribution < 1.29 is 4.92 Å². The number of nitro groups is 1. The zero-order valence-corrected chi connectivity index (χ0v) is 12.5. The molecule has 2 aliphatic heterocycles. The second kappa shape index (κ2) is 5.86. The van der Waals surface area contributed by atoms with Crippen molar-refractivity contribution in [3.63, 3.8) is 0 Å². The van der Waals surface area contributed by atoms with Crippen LogP contribution < -0.4 is 27.0 Å². The van der Waals surface area contributed by atoms with Gasteiger partial charge in [0.15, 0.2) is 5.66 Å². The molecular weight excluding hydrogens is 298 g/mol. The number of hydrogen-bond acceptors (Lipinski definition) is 8. The molecule has 1 saturated heterocycles. The fourth-order valence-electron chi connectivity index (χ4n) is 2.80. The first-order valence-electron chi connectivity index (χ1n) is 7.32.